The summed E-state index contributed by atoms with van der Waals surface area (Å²) in [5.41, 5.74) is 4.55. The van der Waals surface area contributed by atoms with Crippen LogP contribution in [0.3, 0.4) is 0 Å². The minimum atomic E-state index is -0.259. The molecule has 178 valence electrons. The number of ether oxygens (including phenoxy) is 1. The molecule has 2 fully saturated rings. The third-order valence-electron chi connectivity index (χ3n) is 8.32. The summed E-state index contributed by atoms with van der Waals surface area (Å²) in [4.78, 5) is 4.79. The van der Waals surface area contributed by atoms with Gasteiger partial charge in [-0.15, -0.1) is 0 Å². The largest absolute Gasteiger partial charge is 0.456 e. The van der Waals surface area contributed by atoms with Crippen molar-refractivity contribution in [3.05, 3.63) is 60.2 Å². The number of hydrogen-bond donors (Lipinski definition) is 0. The summed E-state index contributed by atoms with van der Waals surface area (Å²) < 4.78 is 22.2. The first kappa shape index (κ1) is 21.7. The van der Waals surface area contributed by atoms with Crippen molar-refractivity contribution in [3.63, 3.8) is 0 Å². The maximum Gasteiger partial charge on any atom is 0.140 e. The molecule has 3 aromatic rings. The van der Waals surface area contributed by atoms with Gasteiger partial charge in [0.2, 0.25) is 0 Å². The van der Waals surface area contributed by atoms with E-state index in [-0.39, 0.29) is 5.82 Å². The molecular formula is C28H33FN4O. The number of anilines is 1. The van der Waals surface area contributed by atoms with E-state index in [1.165, 1.54) is 49.3 Å². The maximum absolute atomic E-state index is 13.5. The van der Waals surface area contributed by atoms with E-state index in [0.717, 1.165) is 41.6 Å². The van der Waals surface area contributed by atoms with E-state index in [1.54, 1.807) is 12.1 Å². The highest BCUT2D eigenvalue weighted by Crippen LogP contribution is 2.46. The lowest BCUT2D eigenvalue weighted by molar-refractivity contribution is 0.343. The normalized spacial score (nSPS) is 26.5. The summed E-state index contributed by atoms with van der Waals surface area (Å²) in [6, 6.07) is 11.6. The topological polar surface area (TPSA) is 33.5 Å². The molecule has 3 unspecified atom stereocenters. The third-order valence-corrected chi connectivity index (χ3v) is 8.32. The van der Waals surface area contributed by atoms with E-state index in [2.05, 4.69) is 53.8 Å². The molecule has 3 aliphatic rings. The zero-order chi connectivity index (χ0) is 23.4. The molecule has 0 bridgehead atoms. The van der Waals surface area contributed by atoms with Crippen molar-refractivity contribution in [2.45, 2.75) is 44.7 Å². The first-order chi connectivity index (χ1) is 16.5. The zero-order valence-corrected chi connectivity index (χ0v) is 20.2. The van der Waals surface area contributed by atoms with Crippen LogP contribution in [0.4, 0.5) is 10.1 Å². The molecule has 0 amide bonds. The molecule has 0 N–H and O–H groups in total. The molecule has 1 saturated heterocycles. The Balaban J connectivity index is 1.35. The molecule has 1 saturated carbocycles. The average molecular weight is 461 g/mol. The third kappa shape index (κ3) is 3.78. The highest BCUT2D eigenvalue weighted by atomic mass is 19.1. The van der Waals surface area contributed by atoms with Crippen molar-refractivity contribution >= 4 is 5.69 Å². The molecule has 1 aromatic heterocycles. The number of benzene rings is 2. The zero-order valence-electron chi connectivity index (χ0n) is 20.2. The number of aromatic nitrogens is 2. The van der Waals surface area contributed by atoms with Crippen LogP contribution in [0, 0.1) is 17.7 Å². The van der Waals surface area contributed by atoms with Crippen molar-refractivity contribution in [1.29, 1.82) is 0 Å². The molecule has 0 spiro atoms. The van der Waals surface area contributed by atoms with E-state index in [0.29, 0.717) is 17.8 Å². The summed E-state index contributed by atoms with van der Waals surface area (Å²) in [6.07, 6.45) is 8.63. The van der Waals surface area contributed by atoms with Crippen molar-refractivity contribution in [3.8, 4) is 22.6 Å². The lowest BCUT2D eigenvalue weighted by Gasteiger charge is -2.35. The first-order valence-corrected chi connectivity index (χ1v) is 12.5. The van der Waals surface area contributed by atoms with E-state index in [9.17, 15) is 4.39 Å². The molecular weight excluding hydrogens is 427 g/mol. The fourth-order valence-electron chi connectivity index (χ4n) is 6.33. The van der Waals surface area contributed by atoms with Crippen LogP contribution in [0.5, 0.6) is 11.5 Å². The number of nitrogens with zero attached hydrogens (tertiary/aromatic N) is 4. The Hall–Kier alpha value is -2.86. The fraction of sp³-hybridized carbons (Fsp3) is 0.464. The second-order valence-corrected chi connectivity index (χ2v) is 10.6. The predicted molar refractivity (Wildman–Crippen MR) is 133 cm³/mol. The number of hydrogen-bond acceptors (Lipinski definition) is 4. The minimum Gasteiger partial charge on any atom is -0.456 e. The van der Waals surface area contributed by atoms with Crippen molar-refractivity contribution in [2.75, 3.05) is 32.1 Å². The molecule has 6 rings (SSSR count). The van der Waals surface area contributed by atoms with Gasteiger partial charge in [0.05, 0.1) is 12.2 Å². The maximum atomic E-state index is 13.5. The first-order valence-electron chi connectivity index (χ1n) is 12.5. The molecule has 2 aliphatic heterocycles. The summed E-state index contributed by atoms with van der Waals surface area (Å²) in [5, 5.41) is 4.81. The molecule has 0 radical (unpaired) electrons. The Kier molecular flexibility index (Phi) is 5.36. The van der Waals surface area contributed by atoms with Gasteiger partial charge in [-0.3, -0.25) is 4.68 Å². The van der Waals surface area contributed by atoms with Gasteiger partial charge in [0.25, 0.3) is 0 Å². The molecule has 2 aromatic carbocycles. The van der Waals surface area contributed by atoms with Gasteiger partial charge >= 0.3 is 0 Å². The Labute approximate surface area is 201 Å². The van der Waals surface area contributed by atoms with Crippen LogP contribution < -0.4 is 9.64 Å². The van der Waals surface area contributed by atoms with E-state index in [4.69, 9.17) is 9.84 Å². The fourth-order valence-corrected chi connectivity index (χ4v) is 6.33. The summed E-state index contributed by atoms with van der Waals surface area (Å²) in [5.74, 6) is 2.84. The van der Waals surface area contributed by atoms with Crippen LogP contribution in [-0.4, -0.2) is 47.9 Å². The lowest BCUT2D eigenvalue weighted by atomic mass is 9.93. The number of likely N-dealkylation sites (tertiary alicyclic amines) is 1. The Morgan fingerprint density at radius 2 is 1.74 bits per heavy atom. The molecule has 5 nitrogen and oxygen atoms in total. The molecule has 34 heavy (non-hydrogen) atoms. The SMILES string of the molecule is CC1CCc2c(ccc(-c3cnn(C4CC5CN(C)CC5C4)c3)c2Oc2ccc(F)cc2)N1C. The standard InChI is InChI=1S/C28H33FN4O/c1-18-4-9-26-27(32(18)3)11-10-25(28(26)34-24-7-5-22(29)6-8-24)21-14-30-33(17-21)23-12-19-15-31(2)16-20(19)13-23/h5-8,10-11,14,17-20,23H,4,9,12-13,15-16H2,1-3H3. The van der Waals surface area contributed by atoms with Gasteiger partial charge in [0.1, 0.15) is 17.3 Å². The Morgan fingerprint density at radius 3 is 2.47 bits per heavy atom. The summed E-state index contributed by atoms with van der Waals surface area (Å²) >= 11 is 0. The molecule has 3 atom stereocenters. The lowest BCUT2D eigenvalue weighted by Crippen LogP contribution is -2.33. The molecule has 3 heterocycles. The number of fused-ring (bicyclic) bond motifs is 2. The van der Waals surface area contributed by atoms with Crippen molar-refractivity contribution in [1.82, 2.24) is 14.7 Å². The van der Waals surface area contributed by atoms with E-state index < -0.39 is 0 Å². The van der Waals surface area contributed by atoms with Crippen LogP contribution in [0.1, 0.15) is 37.8 Å². The minimum absolute atomic E-state index is 0.259. The highest BCUT2D eigenvalue weighted by molar-refractivity contribution is 5.78. The molecule has 1 aliphatic carbocycles. The predicted octanol–water partition coefficient (Wildman–Crippen LogP) is 5.77. The van der Waals surface area contributed by atoms with Crippen molar-refractivity contribution < 1.29 is 9.13 Å². The van der Waals surface area contributed by atoms with Crippen LogP contribution in [0.25, 0.3) is 11.1 Å². The number of rotatable bonds is 4. The highest BCUT2D eigenvalue weighted by Gasteiger charge is 2.40. The van der Waals surface area contributed by atoms with Crippen LogP contribution in [0.2, 0.25) is 0 Å². The van der Waals surface area contributed by atoms with Crippen molar-refractivity contribution in [2.24, 2.45) is 11.8 Å². The summed E-state index contributed by atoms with van der Waals surface area (Å²) in [7, 11) is 4.38. The van der Waals surface area contributed by atoms with Crippen LogP contribution in [0.15, 0.2) is 48.8 Å². The van der Waals surface area contributed by atoms with Gasteiger partial charge in [-0.1, -0.05) is 0 Å². The van der Waals surface area contributed by atoms with Crippen LogP contribution >= 0.6 is 0 Å². The average Bonchev–Trinajstić information content (AvgIpc) is 3.53. The van der Waals surface area contributed by atoms with Gasteiger partial charge in [-0.2, -0.15) is 5.10 Å². The monoisotopic (exact) mass is 460 g/mol. The van der Waals surface area contributed by atoms with Gasteiger partial charge in [0.15, 0.2) is 0 Å². The Bertz CT molecular complexity index is 1180. The Morgan fingerprint density at radius 1 is 1.00 bits per heavy atom. The van der Waals surface area contributed by atoms with Gasteiger partial charge in [-0.25, -0.2) is 4.39 Å². The summed E-state index contributed by atoms with van der Waals surface area (Å²) in [6.45, 7) is 4.68. The smallest absolute Gasteiger partial charge is 0.140 e. The quantitative estimate of drug-likeness (QED) is 0.495. The van der Waals surface area contributed by atoms with E-state index in [1.807, 2.05) is 6.20 Å². The second-order valence-electron chi connectivity index (χ2n) is 10.6. The number of halogens is 1. The van der Waals surface area contributed by atoms with Gasteiger partial charge < -0.3 is 14.5 Å². The van der Waals surface area contributed by atoms with Gasteiger partial charge in [-0.05, 0) is 87.9 Å². The van der Waals surface area contributed by atoms with E-state index >= 15 is 0 Å². The van der Waals surface area contributed by atoms with Crippen LogP contribution in [-0.2, 0) is 6.42 Å². The molecule has 6 heteroatoms. The van der Waals surface area contributed by atoms with Gasteiger partial charge in [0, 0.05) is 54.8 Å². The second kappa shape index (κ2) is 8.42.